The summed E-state index contributed by atoms with van der Waals surface area (Å²) in [4.78, 5) is 32.6. The average molecular weight is 294 g/mol. The Labute approximate surface area is 122 Å². The van der Waals surface area contributed by atoms with Gasteiger partial charge in [0.05, 0.1) is 24.9 Å². The number of carboxylic acids is 1. The molecule has 1 aliphatic heterocycles. The van der Waals surface area contributed by atoms with Gasteiger partial charge in [0.2, 0.25) is 5.91 Å². The van der Waals surface area contributed by atoms with Crippen molar-refractivity contribution in [3.05, 3.63) is 23.8 Å². The van der Waals surface area contributed by atoms with Gasteiger partial charge in [0.1, 0.15) is 11.9 Å². The summed E-state index contributed by atoms with van der Waals surface area (Å²) < 4.78 is 5.20. The summed E-state index contributed by atoms with van der Waals surface area (Å²) in [7, 11) is 0. The highest BCUT2D eigenvalue weighted by Gasteiger charge is 2.22. The normalized spacial score (nSPS) is 16.5. The predicted octanol–water partition coefficient (Wildman–Crippen LogP) is -0.488. The maximum absolute atomic E-state index is 12.2. The molecule has 114 valence electrons. The maximum atomic E-state index is 12.2. The fourth-order valence-electron chi connectivity index (χ4n) is 2.07. The van der Waals surface area contributed by atoms with E-state index >= 15 is 0 Å². The summed E-state index contributed by atoms with van der Waals surface area (Å²) in [5.74, 6) is -1.11. The van der Waals surface area contributed by atoms with E-state index in [1.807, 2.05) is 0 Å². The number of ether oxygens (including phenoxy) is 1. The lowest BCUT2D eigenvalue weighted by Gasteiger charge is -2.29. The van der Waals surface area contributed by atoms with Crippen LogP contribution in [0.15, 0.2) is 12.5 Å². The molecule has 0 aromatic carbocycles. The third kappa shape index (κ3) is 3.96. The van der Waals surface area contributed by atoms with Crippen molar-refractivity contribution < 1.29 is 19.4 Å². The van der Waals surface area contributed by atoms with Crippen molar-refractivity contribution >= 4 is 11.9 Å². The van der Waals surface area contributed by atoms with Crippen molar-refractivity contribution in [2.24, 2.45) is 0 Å². The molecule has 1 aromatic rings. The molecule has 1 saturated heterocycles. The summed E-state index contributed by atoms with van der Waals surface area (Å²) >= 11 is 0. The zero-order chi connectivity index (χ0) is 15.2. The SMILES string of the molecule is CC(NCc1ncncc1C(=O)O)C(=O)N1CCOCC1. The molecule has 1 aliphatic rings. The Morgan fingerprint density at radius 3 is 2.86 bits per heavy atom. The third-order valence-corrected chi connectivity index (χ3v) is 3.29. The van der Waals surface area contributed by atoms with Crippen LogP contribution >= 0.6 is 0 Å². The van der Waals surface area contributed by atoms with Gasteiger partial charge >= 0.3 is 5.97 Å². The highest BCUT2D eigenvalue weighted by atomic mass is 16.5. The molecule has 8 heteroatoms. The van der Waals surface area contributed by atoms with E-state index in [0.717, 1.165) is 0 Å². The van der Waals surface area contributed by atoms with Crippen molar-refractivity contribution in [3.63, 3.8) is 0 Å². The number of rotatable bonds is 5. The molecule has 1 aromatic heterocycles. The molecule has 1 amide bonds. The number of carbonyl (C=O) groups excluding carboxylic acids is 1. The molecule has 8 nitrogen and oxygen atoms in total. The number of nitrogens with zero attached hydrogens (tertiary/aromatic N) is 3. The molecule has 0 radical (unpaired) electrons. The van der Waals surface area contributed by atoms with Crippen LogP contribution in [0.1, 0.15) is 23.0 Å². The first kappa shape index (κ1) is 15.3. The number of aromatic carboxylic acids is 1. The summed E-state index contributed by atoms with van der Waals surface area (Å²) in [6.45, 7) is 4.21. The zero-order valence-corrected chi connectivity index (χ0v) is 11.8. The Balaban J connectivity index is 1.93. The van der Waals surface area contributed by atoms with Crippen LogP contribution in [0, 0.1) is 0 Å². The highest BCUT2D eigenvalue weighted by molar-refractivity contribution is 5.88. The molecule has 2 heterocycles. The number of amides is 1. The van der Waals surface area contributed by atoms with Gasteiger partial charge in [-0.25, -0.2) is 14.8 Å². The van der Waals surface area contributed by atoms with Crippen LogP contribution in [0.4, 0.5) is 0 Å². The Hall–Kier alpha value is -2.06. The molecule has 0 bridgehead atoms. The second-order valence-electron chi connectivity index (χ2n) is 4.73. The largest absolute Gasteiger partial charge is 0.478 e. The predicted molar refractivity (Wildman–Crippen MR) is 72.7 cm³/mol. The smallest absolute Gasteiger partial charge is 0.339 e. The van der Waals surface area contributed by atoms with Gasteiger partial charge in [0.25, 0.3) is 0 Å². The minimum Gasteiger partial charge on any atom is -0.478 e. The molecule has 21 heavy (non-hydrogen) atoms. The van der Waals surface area contributed by atoms with Crippen LogP contribution in [0.5, 0.6) is 0 Å². The van der Waals surface area contributed by atoms with Crippen molar-refractivity contribution in [3.8, 4) is 0 Å². The fourth-order valence-corrected chi connectivity index (χ4v) is 2.07. The van der Waals surface area contributed by atoms with E-state index in [2.05, 4.69) is 15.3 Å². The van der Waals surface area contributed by atoms with E-state index < -0.39 is 12.0 Å². The molecule has 2 rings (SSSR count). The second kappa shape index (κ2) is 7.09. The summed E-state index contributed by atoms with van der Waals surface area (Å²) in [6, 6.07) is -0.417. The monoisotopic (exact) mass is 294 g/mol. The molecular weight excluding hydrogens is 276 g/mol. The standard InChI is InChI=1S/C13H18N4O4/c1-9(12(18)17-2-4-21-5-3-17)15-7-11-10(13(19)20)6-14-8-16-11/h6,8-9,15H,2-5,7H2,1H3,(H,19,20). The zero-order valence-electron chi connectivity index (χ0n) is 11.8. The minimum absolute atomic E-state index is 0.0239. The first-order chi connectivity index (χ1) is 10.1. The number of hydrogen-bond acceptors (Lipinski definition) is 6. The molecule has 1 unspecified atom stereocenters. The lowest BCUT2D eigenvalue weighted by atomic mass is 10.2. The van der Waals surface area contributed by atoms with Crippen LogP contribution in [0.25, 0.3) is 0 Å². The Bertz CT molecular complexity index is 517. The van der Waals surface area contributed by atoms with E-state index in [1.165, 1.54) is 12.5 Å². The second-order valence-corrected chi connectivity index (χ2v) is 4.73. The van der Waals surface area contributed by atoms with Crippen LogP contribution in [-0.4, -0.2) is 64.2 Å². The van der Waals surface area contributed by atoms with E-state index in [-0.39, 0.29) is 18.0 Å². The van der Waals surface area contributed by atoms with Gasteiger partial charge in [-0.15, -0.1) is 0 Å². The summed E-state index contributed by atoms with van der Waals surface area (Å²) in [5.41, 5.74) is 0.398. The Morgan fingerprint density at radius 2 is 2.19 bits per heavy atom. The van der Waals surface area contributed by atoms with E-state index in [1.54, 1.807) is 11.8 Å². The minimum atomic E-state index is -1.08. The van der Waals surface area contributed by atoms with Gasteiger partial charge in [-0.1, -0.05) is 0 Å². The highest BCUT2D eigenvalue weighted by Crippen LogP contribution is 2.05. The summed E-state index contributed by atoms with van der Waals surface area (Å²) in [6.07, 6.45) is 2.54. The van der Waals surface area contributed by atoms with Crippen molar-refractivity contribution in [2.75, 3.05) is 26.3 Å². The molecular formula is C13H18N4O4. The van der Waals surface area contributed by atoms with Crippen LogP contribution in [0.3, 0.4) is 0 Å². The van der Waals surface area contributed by atoms with Crippen LogP contribution in [0.2, 0.25) is 0 Å². The van der Waals surface area contributed by atoms with Gasteiger partial charge in [-0.3, -0.25) is 4.79 Å². The quantitative estimate of drug-likeness (QED) is 0.755. The molecule has 1 fully saturated rings. The number of hydrogen-bond donors (Lipinski definition) is 2. The molecule has 0 saturated carbocycles. The number of carbonyl (C=O) groups is 2. The molecule has 2 N–H and O–H groups in total. The van der Waals surface area contributed by atoms with Crippen LogP contribution in [-0.2, 0) is 16.1 Å². The first-order valence-corrected chi connectivity index (χ1v) is 6.71. The Kier molecular flexibility index (Phi) is 5.18. The van der Waals surface area contributed by atoms with Gasteiger partial charge in [0.15, 0.2) is 0 Å². The molecule has 1 atom stereocenters. The molecule has 0 aliphatic carbocycles. The van der Waals surface area contributed by atoms with Gasteiger partial charge in [-0.2, -0.15) is 0 Å². The van der Waals surface area contributed by atoms with Crippen molar-refractivity contribution in [2.45, 2.75) is 19.5 Å². The van der Waals surface area contributed by atoms with E-state index in [0.29, 0.717) is 32.0 Å². The topological polar surface area (TPSA) is 105 Å². The third-order valence-electron chi connectivity index (χ3n) is 3.29. The Morgan fingerprint density at radius 1 is 1.48 bits per heavy atom. The van der Waals surface area contributed by atoms with Crippen LogP contribution < -0.4 is 5.32 Å². The number of carboxylic acid groups (broad SMARTS) is 1. The number of morpholine rings is 1. The lowest BCUT2D eigenvalue weighted by Crippen LogP contribution is -2.49. The number of aromatic nitrogens is 2. The lowest BCUT2D eigenvalue weighted by molar-refractivity contribution is -0.137. The van der Waals surface area contributed by atoms with Gasteiger partial charge in [0, 0.05) is 25.8 Å². The average Bonchev–Trinajstić information content (AvgIpc) is 2.52. The maximum Gasteiger partial charge on any atom is 0.339 e. The van der Waals surface area contributed by atoms with Crippen molar-refractivity contribution in [1.82, 2.24) is 20.2 Å². The van der Waals surface area contributed by atoms with Crippen molar-refractivity contribution in [1.29, 1.82) is 0 Å². The van der Waals surface area contributed by atoms with Gasteiger partial charge < -0.3 is 20.1 Å². The summed E-state index contributed by atoms with van der Waals surface area (Å²) in [5, 5.41) is 12.1. The van der Waals surface area contributed by atoms with E-state index in [4.69, 9.17) is 9.84 Å². The number of nitrogens with one attached hydrogen (secondary N) is 1. The first-order valence-electron chi connectivity index (χ1n) is 6.71. The molecule has 0 spiro atoms. The fraction of sp³-hybridized carbons (Fsp3) is 0.538. The van der Waals surface area contributed by atoms with Gasteiger partial charge in [-0.05, 0) is 6.92 Å². The van der Waals surface area contributed by atoms with E-state index in [9.17, 15) is 9.59 Å².